The minimum absolute atomic E-state index is 0.236. The van der Waals surface area contributed by atoms with Gasteiger partial charge >= 0.3 is 5.97 Å². The van der Waals surface area contributed by atoms with Gasteiger partial charge < -0.3 is 4.74 Å². The van der Waals surface area contributed by atoms with E-state index in [1.165, 1.54) is 22.3 Å². The highest BCUT2D eigenvalue weighted by atomic mass is 16.5. The molecule has 0 fully saturated rings. The number of ether oxygens (including phenoxy) is 1. The van der Waals surface area contributed by atoms with E-state index in [1.54, 1.807) is 0 Å². The molecule has 0 N–H and O–H groups in total. The van der Waals surface area contributed by atoms with Gasteiger partial charge in [-0.05, 0) is 46.7 Å². The number of carbonyl (C=O) groups excluding carboxylic acids is 1. The molecule has 0 aromatic heterocycles. The van der Waals surface area contributed by atoms with E-state index in [1.807, 2.05) is 19.1 Å². The van der Waals surface area contributed by atoms with Crippen LogP contribution in [0.25, 0.3) is 11.1 Å². The molecule has 2 nitrogen and oxygen atoms in total. The van der Waals surface area contributed by atoms with Crippen LogP contribution in [-0.2, 0) is 20.4 Å². The van der Waals surface area contributed by atoms with Gasteiger partial charge in [0.15, 0.2) is 0 Å². The Morgan fingerprint density at radius 1 is 0.667 bits per heavy atom. The van der Waals surface area contributed by atoms with Crippen molar-refractivity contribution in [3.8, 4) is 0 Å². The Balaban J connectivity index is 1.77. The average Bonchev–Trinajstić information content (AvgIpc) is 3.47. The van der Waals surface area contributed by atoms with Crippen LogP contribution in [0.3, 0.4) is 0 Å². The van der Waals surface area contributed by atoms with Gasteiger partial charge in [-0.2, -0.15) is 0 Å². The zero-order valence-corrected chi connectivity index (χ0v) is 20.4. The number of hydrogen-bond acceptors (Lipinski definition) is 2. The highest BCUT2D eigenvalue weighted by molar-refractivity contribution is 6.13. The lowest BCUT2D eigenvalue weighted by molar-refractivity contribution is -0.139. The Morgan fingerprint density at radius 3 is 1.67 bits per heavy atom. The van der Waals surface area contributed by atoms with Crippen molar-refractivity contribution in [2.45, 2.75) is 24.2 Å². The fourth-order valence-electron chi connectivity index (χ4n) is 6.39. The third kappa shape index (κ3) is 3.21. The Bertz CT molecular complexity index is 1450. The van der Waals surface area contributed by atoms with E-state index in [0.29, 0.717) is 6.61 Å². The summed E-state index contributed by atoms with van der Waals surface area (Å²) in [4.78, 5) is 13.7. The van der Waals surface area contributed by atoms with Gasteiger partial charge in [0, 0.05) is 11.0 Å². The van der Waals surface area contributed by atoms with Crippen molar-refractivity contribution in [2.75, 3.05) is 6.61 Å². The van der Waals surface area contributed by atoms with Gasteiger partial charge in [0.25, 0.3) is 0 Å². The van der Waals surface area contributed by atoms with Gasteiger partial charge in [-0.15, -0.1) is 0 Å². The second-order valence-electron chi connectivity index (χ2n) is 9.55. The monoisotopic (exact) mass is 468 g/mol. The second-order valence-corrected chi connectivity index (χ2v) is 9.55. The highest BCUT2D eigenvalue weighted by Gasteiger charge is 2.63. The molecule has 4 aromatic carbocycles. The summed E-state index contributed by atoms with van der Waals surface area (Å²) < 4.78 is 5.70. The number of esters is 1. The minimum atomic E-state index is -0.629. The first-order chi connectivity index (χ1) is 17.7. The van der Waals surface area contributed by atoms with Crippen molar-refractivity contribution in [1.29, 1.82) is 0 Å². The lowest BCUT2D eigenvalue weighted by atomic mass is 9.67. The summed E-state index contributed by atoms with van der Waals surface area (Å²) in [6.45, 7) is 2.21. The zero-order chi connectivity index (χ0) is 24.6. The van der Waals surface area contributed by atoms with Crippen LogP contribution in [0.1, 0.15) is 35.6 Å². The minimum Gasteiger partial charge on any atom is -0.463 e. The summed E-state index contributed by atoms with van der Waals surface area (Å²) in [6.07, 6.45) is 2.96. The van der Waals surface area contributed by atoms with E-state index >= 15 is 0 Å². The number of benzene rings is 4. The third-order valence-electron chi connectivity index (χ3n) is 7.69. The van der Waals surface area contributed by atoms with Gasteiger partial charge in [0.05, 0.1) is 12.0 Å². The van der Waals surface area contributed by atoms with E-state index in [-0.39, 0.29) is 5.97 Å². The maximum Gasteiger partial charge on any atom is 0.334 e. The zero-order valence-electron chi connectivity index (χ0n) is 20.4. The fraction of sp³-hybridized carbons (Fsp3) is 0.147. The Hall–Kier alpha value is -4.17. The van der Waals surface area contributed by atoms with Gasteiger partial charge in [0.1, 0.15) is 0 Å². The summed E-state index contributed by atoms with van der Waals surface area (Å²) in [7, 11) is 0. The van der Waals surface area contributed by atoms with Crippen molar-refractivity contribution in [1.82, 2.24) is 0 Å². The normalized spacial score (nSPS) is 22.4. The molecule has 2 bridgehead atoms. The number of hydrogen-bond donors (Lipinski definition) is 0. The molecular weight excluding hydrogens is 440 g/mol. The molecule has 4 aromatic rings. The Kier molecular flexibility index (Phi) is 5.45. The van der Waals surface area contributed by atoms with Crippen LogP contribution in [0.15, 0.2) is 133 Å². The van der Waals surface area contributed by atoms with Gasteiger partial charge in [-0.25, -0.2) is 4.79 Å². The van der Waals surface area contributed by atoms with Gasteiger partial charge in [-0.1, -0.05) is 127 Å². The summed E-state index contributed by atoms with van der Waals surface area (Å²) in [5.41, 5.74) is 6.71. The number of rotatable bonds is 6. The maximum absolute atomic E-state index is 13.7. The fourth-order valence-corrected chi connectivity index (χ4v) is 6.39. The van der Waals surface area contributed by atoms with Crippen LogP contribution >= 0.6 is 0 Å². The highest BCUT2D eigenvalue weighted by Crippen LogP contribution is 2.69. The first kappa shape index (κ1) is 22.3. The molecule has 0 saturated carbocycles. The van der Waals surface area contributed by atoms with Crippen molar-refractivity contribution >= 4 is 17.1 Å². The molecule has 6 rings (SSSR count). The van der Waals surface area contributed by atoms with E-state index in [2.05, 4.69) is 115 Å². The number of fused-ring (bicyclic) bond motifs is 2. The van der Waals surface area contributed by atoms with Crippen LogP contribution < -0.4 is 0 Å². The first-order valence-corrected chi connectivity index (χ1v) is 12.6. The van der Waals surface area contributed by atoms with Crippen LogP contribution in [-0.4, -0.2) is 12.6 Å². The van der Waals surface area contributed by atoms with Crippen molar-refractivity contribution in [3.05, 3.63) is 155 Å². The van der Waals surface area contributed by atoms with Gasteiger partial charge in [0.2, 0.25) is 0 Å². The standard InChI is InChI=1S/C34H28O2/c1-2-36-32(35)29-23-33(27-19-11-5-12-20-27)24-34(29,28-21-13-6-14-22-28)31(26-17-9-4-10-18-26)30(33)25-15-7-3-8-16-25/h3-23H,2,24H2,1H3. The smallest absolute Gasteiger partial charge is 0.334 e. The predicted molar refractivity (Wildman–Crippen MR) is 145 cm³/mol. The molecule has 2 heteroatoms. The van der Waals surface area contributed by atoms with Crippen LogP contribution in [0.4, 0.5) is 0 Å². The molecule has 2 unspecified atom stereocenters. The summed E-state index contributed by atoms with van der Waals surface area (Å²) in [6, 6.07) is 42.3. The largest absolute Gasteiger partial charge is 0.463 e. The van der Waals surface area contributed by atoms with Crippen LogP contribution in [0.2, 0.25) is 0 Å². The van der Waals surface area contributed by atoms with Crippen molar-refractivity contribution in [2.24, 2.45) is 0 Å². The second kappa shape index (κ2) is 8.80. The lowest BCUT2D eigenvalue weighted by Gasteiger charge is -2.35. The molecule has 0 spiro atoms. The van der Waals surface area contributed by atoms with E-state index in [9.17, 15) is 4.79 Å². The lowest BCUT2D eigenvalue weighted by Crippen LogP contribution is -2.31. The predicted octanol–water partition coefficient (Wildman–Crippen LogP) is 7.38. The average molecular weight is 469 g/mol. The maximum atomic E-state index is 13.7. The topological polar surface area (TPSA) is 26.3 Å². The SMILES string of the molecule is CCOC(=O)C1=CC2(c3ccccc3)CC1(c1ccccc1)C(c1ccccc1)=C2c1ccccc1. The molecule has 2 aliphatic rings. The molecule has 2 aliphatic carbocycles. The molecule has 0 amide bonds. The van der Waals surface area contributed by atoms with Gasteiger partial charge in [-0.3, -0.25) is 0 Å². The summed E-state index contributed by atoms with van der Waals surface area (Å²) in [5.74, 6) is -0.236. The molecule has 0 heterocycles. The molecule has 0 aliphatic heterocycles. The quantitative estimate of drug-likeness (QED) is 0.276. The molecular formula is C34H28O2. The summed E-state index contributed by atoms with van der Waals surface area (Å²) >= 11 is 0. The molecule has 0 saturated heterocycles. The Morgan fingerprint density at radius 2 is 1.14 bits per heavy atom. The molecule has 36 heavy (non-hydrogen) atoms. The van der Waals surface area contributed by atoms with E-state index in [4.69, 9.17) is 4.74 Å². The van der Waals surface area contributed by atoms with E-state index < -0.39 is 10.8 Å². The Labute approximate surface area is 212 Å². The summed E-state index contributed by atoms with van der Waals surface area (Å²) in [5, 5.41) is 0. The molecule has 0 radical (unpaired) electrons. The van der Waals surface area contributed by atoms with E-state index in [0.717, 1.165) is 23.1 Å². The van der Waals surface area contributed by atoms with Crippen LogP contribution in [0.5, 0.6) is 0 Å². The van der Waals surface area contributed by atoms with Crippen molar-refractivity contribution < 1.29 is 9.53 Å². The number of allylic oxidation sites excluding steroid dienone is 3. The molecule has 2 atom stereocenters. The van der Waals surface area contributed by atoms with Crippen molar-refractivity contribution in [3.63, 3.8) is 0 Å². The number of carbonyl (C=O) groups is 1. The molecule has 176 valence electrons. The van der Waals surface area contributed by atoms with Crippen LogP contribution in [0, 0.1) is 0 Å². The third-order valence-corrected chi connectivity index (χ3v) is 7.69. The first-order valence-electron chi connectivity index (χ1n) is 12.6.